The Morgan fingerprint density at radius 2 is 1.97 bits per heavy atom. The van der Waals surface area contributed by atoms with E-state index < -0.39 is 0 Å². The van der Waals surface area contributed by atoms with Crippen LogP contribution >= 0.6 is 12.2 Å². The first-order chi connectivity index (χ1) is 15.5. The predicted octanol–water partition coefficient (Wildman–Crippen LogP) is 5.69. The molecule has 4 rings (SSSR count). The molecule has 6 heteroatoms. The molecule has 0 amide bonds. The maximum Gasteiger partial charge on any atom is 0.253 e. The number of anilines is 1. The highest BCUT2D eigenvalue weighted by atomic mass is 32.1. The fourth-order valence-electron chi connectivity index (χ4n) is 4.44. The number of aromatic amines is 1. The monoisotopic (exact) mass is 449 g/mol. The van der Waals surface area contributed by atoms with Gasteiger partial charge in [0.05, 0.1) is 13.2 Å². The van der Waals surface area contributed by atoms with Crippen LogP contribution < -0.4 is 15.6 Å². The largest absolute Gasteiger partial charge is 0.494 e. The quantitative estimate of drug-likeness (QED) is 0.474. The van der Waals surface area contributed by atoms with Crippen molar-refractivity contribution in [2.24, 2.45) is 0 Å². The number of fused-ring (bicyclic) bond motifs is 1. The van der Waals surface area contributed by atoms with E-state index in [2.05, 4.69) is 41.2 Å². The van der Waals surface area contributed by atoms with Crippen molar-refractivity contribution in [3.05, 3.63) is 69.5 Å². The Hall–Kier alpha value is -2.86. The van der Waals surface area contributed by atoms with Crippen molar-refractivity contribution in [2.45, 2.75) is 59.0 Å². The summed E-state index contributed by atoms with van der Waals surface area (Å²) < 4.78 is 5.64. The van der Waals surface area contributed by atoms with E-state index in [-0.39, 0.29) is 5.56 Å². The molecule has 0 radical (unpaired) electrons. The van der Waals surface area contributed by atoms with E-state index >= 15 is 0 Å². The number of ether oxygens (including phenoxy) is 1. The molecule has 0 unspecified atom stereocenters. The molecule has 32 heavy (non-hydrogen) atoms. The topological polar surface area (TPSA) is 57.4 Å². The first-order valence-electron chi connectivity index (χ1n) is 11.4. The summed E-state index contributed by atoms with van der Waals surface area (Å²) in [6.45, 7) is 7.25. The molecule has 0 aliphatic heterocycles. The number of rotatable bonds is 6. The van der Waals surface area contributed by atoms with E-state index in [4.69, 9.17) is 17.0 Å². The van der Waals surface area contributed by atoms with Gasteiger partial charge in [0.2, 0.25) is 0 Å². The lowest BCUT2D eigenvalue weighted by atomic mass is 10.1. The second-order valence-electron chi connectivity index (χ2n) is 8.55. The van der Waals surface area contributed by atoms with Gasteiger partial charge in [0, 0.05) is 28.2 Å². The second-order valence-corrected chi connectivity index (χ2v) is 8.94. The molecular weight excluding hydrogens is 418 g/mol. The fraction of sp³-hybridized carbons (Fsp3) is 0.385. The van der Waals surface area contributed by atoms with Gasteiger partial charge in [0.25, 0.3) is 5.56 Å². The average molecular weight is 450 g/mol. The van der Waals surface area contributed by atoms with Gasteiger partial charge in [-0.05, 0) is 87.3 Å². The maximum absolute atomic E-state index is 12.9. The van der Waals surface area contributed by atoms with Crippen LogP contribution in [0.3, 0.4) is 0 Å². The molecule has 3 aromatic rings. The van der Waals surface area contributed by atoms with Gasteiger partial charge < -0.3 is 19.9 Å². The van der Waals surface area contributed by atoms with E-state index in [0.29, 0.717) is 29.9 Å². The molecule has 5 nitrogen and oxygen atoms in total. The van der Waals surface area contributed by atoms with E-state index in [1.54, 1.807) is 0 Å². The van der Waals surface area contributed by atoms with Gasteiger partial charge in [-0.1, -0.05) is 25.0 Å². The van der Waals surface area contributed by atoms with Gasteiger partial charge in [0.1, 0.15) is 5.75 Å². The van der Waals surface area contributed by atoms with Crippen LogP contribution in [-0.2, 0) is 6.54 Å². The zero-order valence-corrected chi connectivity index (χ0v) is 19.8. The van der Waals surface area contributed by atoms with Crippen LogP contribution in [0.4, 0.5) is 5.69 Å². The lowest BCUT2D eigenvalue weighted by Gasteiger charge is -2.32. The second kappa shape index (κ2) is 9.74. The molecule has 1 fully saturated rings. The van der Waals surface area contributed by atoms with E-state index in [1.807, 2.05) is 37.3 Å². The van der Waals surface area contributed by atoms with Crippen LogP contribution in [-0.4, -0.2) is 27.6 Å². The van der Waals surface area contributed by atoms with Gasteiger partial charge in [0.15, 0.2) is 5.11 Å². The molecule has 1 aliphatic carbocycles. The molecule has 2 N–H and O–H groups in total. The Kier molecular flexibility index (Phi) is 6.80. The molecule has 168 valence electrons. The highest BCUT2D eigenvalue weighted by Gasteiger charge is 2.26. The zero-order chi connectivity index (χ0) is 22.7. The summed E-state index contributed by atoms with van der Waals surface area (Å²) in [6.07, 6.45) is 4.57. The first kappa shape index (κ1) is 22.3. The number of thiocarbonyl (C=S) groups is 1. The summed E-state index contributed by atoms with van der Waals surface area (Å²) in [5.74, 6) is 0.803. The van der Waals surface area contributed by atoms with Crippen LogP contribution in [0.2, 0.25) is 0 Å². The molecule has 1 heterocycles. The highest BCUT2D eigenvalue weighted by molar-refractivity contribution is 7.80. The van der Waals surface area contributed by atoms with Gasteiger partial charge in [-0.15, -0.1) is 0 Å². The molecule has 1 aromatic heterocycles. The number of hydrogen-bond acceptors (Lipinski definition) is 3. The number of nitrogens with one attached hydrogen (secondary N) is 2. The van der Waals surface area contributed by atoms with Gasteiger partial charge in [-0.25, -0.2) is 0 Å². The number of benzene rings is 2. The molecule has 0 spiro atoms. The third-order valence-electron chi connectivity index (χ3n) is 6.42. The molecule has 1 saturated carbocycles. The van der Waals surface area contributed by atoms with Crippen molar-refractivity contribution in [2.75, 3.05) is 11.9 Å². The lowest BCUT2D eigenvalue weighted by Crippen LogP contribution is -2.42. The molecule has 1 aliphatic rings. The molecular formula is C26H31N3O2S. The fourth-order valence-corrected chi connectivity index (χ4v) is 4.77. The number of hydrogen-bond donors (Lipinski definition) is 2. The number of aryl methyl sites for hydroxylation is 1. The van der Waals surface area contributed by atoms with E-state index in [1.165, 1.54) is 24.0 Å². The minimum absolute atomic E-state index is 0.0702. The van der Waals surface area contributed by atoms with Crippen molar-refractivity contribution in [3.63, 3.8) is 0 Å². The normalized spacial score (nSPS) is 14.0. The Bertz CT molecular complexity index is 1180. The Morgan fingerprint density at radius 1 is 1.19 bits per heavy atom. The SMILES string of the molecule is CCOc1ccc2[nH]c(=O)c(CN(C(=S)Nc3cccc(C)c3C)C3CCCC3)cc2c1. The minimum atomic E-state index is -0.0702. The van der Waals surface area contributed by atoms with Crippen LogP contribution in [0.15, 0.2) is 47.3 Å². The third kappa shape index (κ3) is 4.80. The summed E-state index contributed by atoms with van der Waals surface area (Å²) in [5, 5.41) is 5.09. The maximum atomic E-state index is 12.9. The lowest BCUT2D eigenvalue weighted by molar-refractivity contribution is 0.311. The molecule has 2 aromatic carbocycles. The summed E-state index contributed by atoms with van der Waals surface area (Å²) in [4.78, 5) is 18.1. The number of aromatic nitrogens is 1. The van der Waals surface area contributed by atoms with E-state index in [0.717, 1.165) is 35.2 Å². The standard InChI is InChI=1S/C26H31N3O2S/c1-4-31-22-12-13-24-19(15-22)14-20(25(30)27-24)16-29(21-9-5-6-10-21)26(32)28-23-11-7-8-17(2)18(23)3/h7-8,11-15,21H,4-6,9-10,16H2,1-3H3,(H,27,30)(H,28,32). The van der Waals surface area contributed by atoms with Crippen LogP contribution in [0.1, 0.15) is 49.3 Å². The van der Waals surface area contributed by atoms with Crippen molar-refractivity contribution in [3.8, 4) is 5.75 Å². The van der Waals surface area contributed by atoms with Gasteiger partial charge in [-0.3, -0.25) is 4.79 Å². The summed E-state index contributed by atoms with van der Waals surface area (Å²) in [7, 11) is 0. The minimum Gasteiger partial charge on any atom is -0.494 e. The Labute approximate surface area is 194 Å². The van der Waals surface area contributed by atoms with E-state index in [9.17, 15) is 4.79 Å². The Balaban J connectivity index is 1.64. The highest BCUT2D eigenvalue weighted by Crippen LogP contribution is 2.27. The number of nitrogens with zero attached hydrogens (tertiary/aromatic N) is 1. The van der Waals surface area contributed by atoms with Crippen molar-refractivity contribution in [1.29, 1.82) is 0 Å². The number of H-pyrrole nitrogens is 1. The molecule has 0 atom stereocenters. The van der Waals surface area contributed by atoms with Crippen molar-refractivity contribution in [1.82, 2.24) is 9.88 Å². The first-order valence-corrected chi connectivity index (χ1v) is 11.8. The Morgan fingerprint density at radius 3 is 2.72 bits per heavy atom. The number of pyridine rings is 1. The summed E-state index contributed by atoms with van der Waals surface area (Å²) in [6, 6.07) is 14.3. The molecule has 0 saturated heterocycles. The summed E-state index contributed by atoms with van der Waals surface area (Å²) >= 11 is 5.87. The van der Waals surface area contributed by atoms with Crippen molar-refractivity contribution < 1.29 is 4.74 Å². The van der Waals surface area contributed by atoms with Crippen molar-refractivity contribution >= 4 is 33.9 Å². The smallest absolute Gasteiger partial charge is 0.253 e. The predicted molar refractivity (Wildman–Crippen MR) is 136 cm³/mol. The average Bonchev–Trinajstić information content (AvgIpc) is 3.30. The van der Waals surface area contributed by atoms with Crippen LogP contribution in [0, 0.1) is 13.8 Å². The van der Waals surface area contributed by atoms with Crippen LogP contribution in [0.5, 0.6) is 5.75 Å². The van der Waals surface area contributed by atoms with Gasteiger partial charge >= 0.3 is 0 Å². The zero-order valence-electron chi connectivity index (χ0n) is 19.0. The summed E-state index contributed by atoms with van der Waals surface area (Å²) in [5.41, 5.74) is 4.88. The third-order valence-corrected chi connectivity index (χ3v) is 6.75. The molecule has 0 bridgehead atoms. The van der Waals surface area contributed by atoms with Crippen LogP contribution in [0.25, 0.3) is 10.9 Å². The van der Waals surface area contributed by atoms with Gasteiger partial charge in [-0.2, -0.15) is 0 Å².